The molecule has 7 heteroatoms. The van der Waals surface area contributed by atoms with Crippen LogP contribution in [0.15, 0.2) is 65.6 Å². The van der Waals surface area contributed by atoms with Crippen LogP contribution in [0.3, 0.4) is 0 Å². The van der Waals surface area contributed by atoms with Crippen molar-refractivity contribution in [3.8, 4) is 0 Å². The molecule has 1 fully saturated rings. The lowest BCUT2D eigenvalue weighted by Gasteiger charge is -2.12. The zero-order valence-corrected chi connectivity index (χ0v) is 17.9. The van der Waals surface area contributed by atoms with Crippen molar-refractivity contribution in [2.45, 2.75) is 13.5 Å². The maximum Gasteiger partial charge on any atom is 0.293 e. The van der Waals surface area contributed by atoms with Gasteiger partial charge in [0.15, 0.2) is 0 Å². The second kappa shape index (κ2) is 8.45. The standard InChI is InChI=1S/C22H17ClN2O2S2/c1-14-5-7-15(8-6-14)13-25-21(26)19(29-22(25)27)12-18-9-10-20(28-18)24-17-4-2-3-16(23)11-17/h2-12,24H,13H2,1H3/b19-12-. The zero-order valence-electron chi connectivity index (χ0n) is 15.5. The summed E-state index contributed by atoms with van der Waals surface area (Å²) >= 11 is 8.50. The van der Waals surface area contributed by atoms with Gasteiger partial charge in [-0.3, -0.25) is 14.5 Å². The third-order valence-electron chi connectivity index (χ3n) is 4.33. The fourth-order valence-electron chi connectivity index (χ4n) is 2.85. The van der Waals surface area contributed by atoms with Crippen LogP contribution in [0.1, 0.15) is 16.0 Å². The lowest BCUT2D eigenvalue weighted by atomic mass is 10.1. The maximum atomic E-state index is 12.7. The Hall–Kier alpha value is -2.54. The Bertz CT molecular complexity index is 1110. The van der Waals surface area contributed by atoms with Crippen LogP contribution in [0.5, 0.6) is 0 Å². The van der Waals surface area contributed by atoms with Crippen molar-refractivity contribution in [2.24, 2.45) is 0 Å². The molecule has 0 aliphatic carbocycles. The van der Waals surface area contributed by atoms with Gasteiger partial charge in [-0.1, -0.05) is 47.5 Å². The molecule has 0 radical (unpaired) electrons. The van der Waals surface area contributed by atoms with E-state index in [0.717, 1.165) is 38.5 Å². The first-order chi connectivity index (χ1) is 14.0. The van der Waals surface area contributed by atoms with E-state index in [1.54, 1.807) is 6.08 Å². The van der Waals surface area contributed by atoms with E-state index in [4.69, 9.17) is 11.6 Å². The highest BCUT2D eigenvalue weighted by Crippen LogP contribution is 2.35. The molecule has 0 bridgehead atoms. The summed E-state index contributed by atoms with van der Waals surface area (Å²) in [6.45, 7) is 2.29. The zero-order chi connectivity index (χ0) is 20.4. The van der Waals surface area contributed by atoms with E-state index in [2.05, 4.69) is 5.32 Å². The molecule has 4 nitrogen and oxygen atoms in total. The molecule has 0 saturated carbocycles. The van der Waals surface area contributed by atoms with E-state index < -0.39 is 0 Å². The summed E-state index contributed by atoms with van der Waals surface area (Å²) in [5.74, 6) is -0.252. The van der Waals surface area contributed by atoms with Gasteiger partial charge < -0.3 is 5.32 Å². The minimum atomic E-state index is -0.252. The largest absolute Gasteiger partial charge is 0.347 e. The van der Waals surface area contributed by atoms with Crippen molar-refractivity contribution >= 4 is 62.6 Å². The minimum absolute atomic E-state index is 0.240. The Kier molecular flexibility index (Phi) is 5.76. The number of imide groups is 1. The predicted octanol–water partition coefficient (Wildman–Crippen LogP) is 6.69. The molecular weight excluding hydrogens is 424 g/mol. The average molecular weight is 441 g/mol. The summed E-state index contributed by atoms with van der Waals surface area (Å²) in [5, 5.41) is 4.64. The molecule has 2 aromatic carbocycles. The number of amides is 2. The van der Waals surface area contributed by atoms with Crippen molar-refractivity contribution in [1.82, 2.24) is 4.90 Å². The quantitative estimate of drug-likeness (QED) is 0.449. The minimum Gasteiger partial charge on any atom is -0.347 e. The number of nitrogens with zero attached hydrogens (tertiary/aromatic N) is 1. The van der Waals surface area contributed by atoms with Gasteiger partial charge in [-0.2, -0.15) is 0 Å². The van der Waals surface area contributed by atoms with Crippen LogP contribution in [-0.2, 0) is 11.3 Å². The van der Waals surface area contributed by atoms with Crippen LogP contribution in [0.4, 0.5) is 15.5 Å². The van der Waals surface area contributed by atoms with Crippen molar-refractivity contribution in [3.63, 3.8) is 0 Å². The second-order valence-electron chi connectivity index (χ2n) is 6.59. The molecule has 1 aromatic heterocycles. The smallest absolute Gasteiger partial charge is 0.293 e. The number of anilines is 2. The molecule has 3 aromatic rings. The van der Waals surface area contributed by atoms with Crippen LogP contribution in [-0.4, -0.2) is 16.0 Å². The SMILES string of the molecule is Cc1ccc(CN2C(=O)S/C(=C\c3ccc(Nc4cccc(Cl)c4)s3)C2=O)cc1. The third-order valence-corrected chi connectivity index (χ3v) is 6.42. The number of thioether (sulfide) groups is 1. The van der Waals surface area contributed by atoms with Crippen LogP contribution in [0.2, 0.25) is 5.02 Å². The van der Waals surface area contributed by atoms with Gasteiger partial charge in [0.05, 0.1) is 16.5 Å². The molecule has 4 rings (SSSR count). The second-order valence-corrected chi connectivity index (χ2v) is 9.14. The third kappa shape index (κ3) is 4.72. The van der Waals surface area contributed by atoms with Crippen molar-refractivity contribution < 1.29 is 9.59 Å². The number of thiophene rings is 1. The number of benzene rings is 2. The molecule has 146 valence electrons. The molecular formula is C22H17ClN2O2S2. The van der Waals surface area contributed by atoms with Gasteiger partial charge in [-0.25, -0.2) is 0 Å². The topological polar surface area (TPSA) is 49.4 Å². The molecule has 0 spiro atoms. The number of aryl methyl sites for hydroxylation is 1. The van der Waals surface area contributed by atoms with Crippen LogP contribution >= 0.6 is 34.7 Å². The van der Waals surface area contributed by atoms with E-state index in [1.165, 1.54) is 16.2 Å². The maximum absolute atomic E-state index is 12.7. The van der Waals surface area contributed by atoms with E-state index in [9.17, 15) is 9.59 Å². The monoisotopic (exact) mass is 440 g/mol. The first kappa shape index (κ1) is 19.8. The van der Waals surface area contributed by atoms with Gasteiger partial charge in [0.2, 0.25) is 0 Å². The number of carbonyl (C=O) groups is 2. The fourth-order valence-corrected chi connectivity index (χ4v) is 4.81. The van der Waals surface area contributed by atoms with Crippen molar-refractivity contribution in [3.05, 3.63) is 86.6 Å². The number of rotatable bonds is 5. The van der Waals surface area contributed by atoms with E-state index in [1.807, 2.05) is 67.6 Å². The lowest BCUT2D eigenvalue weighted by Crippen LogP contribution is -2.27. The molecule has 29 heavy (non-hydrogen) atoms. The Morgan fingerprint density at radius 2 is 1.86 bits per heavy atom. The van der Waals surface area contributed by atoms with E-state index in [-0.39, 0.29) is 17.7 Å². The van der Waals surface area contributed by atoms with Crippen LogP contribution < -0.4 is 5.32 Å². The number of halogens is 1. The number of hydrogen-bond acceptors (Lipinski definition) is 5. The molecule has 2 heterocycles. The Morgan fingerprint density at radius 1 is 1.07 bits per heavy atom. The van der Waals surface area contributed by atoms with Gasteiger partial charge in [-0.05, 0) is 60.7 Å². The first-order valence-electron chi connectivity index (χ1n) is 8.91. The van der Waals surface area contributed by atoms with Crippen molar-refractivity contribution in [2.75, 3.05) is 5.32 Å². The predicted molar refractivity (Wildman–Crippen MR) is 122 cm³/mol. The summed E-state index contributed by atoms with van der Waals surface area (Å²) in [7, 11) is 0. The summed E-state index contributed by atoms with van der Waals surface area (Å²) in [5.41, 5.74) is 2.97. The van der Waals surface area contributed by atoms with Gasteiger partial charge >= 0.3 is 0 Å². The van der Waals surface area contributed by atoms with Crippen molar-refractivity contribution in [1.29, 1.82) is 0 Å². The van der Waals surface area contributed by atoms with Gasteiger partial charge in [0.1, 0.15) is 0 Å². The molecule has 1 saturated heterocycles. The molecule has 1 aliphatic rings. The Labute approximate surface area is 182 Å². The lowest BCUT2D eigenvalue weighted by molar-refractivity contribution is -0.123. The van der Waals surface area contributed by atoms with Gasteiger partial charge in [-0.15, -0.1) is 11.3 Å². The molecule has 0 atom stereocenters. The van der Waals surface area contributed by atoms with Gasteiger partial charge in [0, 0.05) is 15.6 Å². The van der Waals surface area contributed by atoms with Crippen LogP contribution in [0, 0.1) is 6.92 Å². The first-order valence-corrected chi connectivity index (χ1v) is 10.9. The summed E-state index contributed by atoms with van der Waals surface area (Å²) in [6, 6.07) is 19.2. The fraction of sp³-hybridized carbons (Fsp3) is 0.0909. The molecule has 1 N–H and O–H groups in total. The normalized spacial score (nSPS) is 15.4. The number of nitrogens with one attached hydrogen (secondary N) is 1. The van der Waals surface area contributed by atoms with Crippen LogP contribution in [0.25, 0.3) is 6.08 Å². The Morgan fingerprint density at radius 3 is 2.62 bits per heavy atom. The molecule has 0 unspecified atom stereocenters. The average Bonchev–Trinajstić information content (AvgIpc) is 3.23. The summed E-state index contributed by atoms with van der Waals surface area (Å²) in [4.78, 5) is 27.7. The highest BCUT2D eigenvalue weighted by Gasteiger charge is 2.35. The highest BCUT2D eigenvalue weighted by molar-refractivity contribution is 8.18. The molecule has 1 aliphatic heterocycles. The van der Waals surface area contributed by atoms with Gasteiger partial charge in [0.25, 0.3) is 11.1 Å². The van der Waals surface area contributed by atoms with E-state index >= 15 is 0 Å². The summed E-state index contributed by atoms with van der Waals surface area (Å²) in [6.07, 6.45) is 1.77. The number of carbonyl (C=O) groups excluding carboxylic acids is 2. The highest BCUT2D eigenvalue weighted by atomic mass is 35.5. The molecule has 2 amide bonds. The Balaban J connectivity index is 1.47. The van der Waals surface area contributed by atoms with E-state index in [0.29, 0.717) is 9.93 Å². The number of hydrogen-bond donors (Lipinski definition) is 1. The summed E-state index contributed by atoms with van der Waals surface area (Å²) < 4.78 is 0.